The molecule has 0 amide bonds. The number of thiophene rings is 1. The number of aryl methyl sites for hydroxylation is 1. The smallest absolute Gasteiger partial charge is 0.231 e. The molecule has 0 spiro atoms. The van der Waals surface area contributed by atoms with Crippen LogP contribution in [0.25, 0.3) is 20.3 Å². The van der Waals surface area contributed by atoms with Crippen molar-refractivity contribution in [3.8, 4) is 0 Å². The van der Waals surface area contributed by atoms with Crippen LogP contribution in [0.5, 0.6) is 0 Å². The van der Waals surface area contributed by atoms with Crippen LogP contribution < -0.4 is 5.32 Å². The van der Waals surface area contributed by atoms with E-state index < -0.39 is 0 Å². The van der Waals surface area contributed by atoms with Crippen molar-refractivity contribution in [3.05, 3.63) is 72.3 Å². The highest BCUT2D eigenvalue weighted by atomic mass is 32.1. The summed E-state index contributed by atoms with van der Waals surface area (Å²) >= 11 is 3.02. The number of rotatable bonds is 9. The second-order valence-corrected chi connectivity index (χ2v) is 10.1. The molecule has 0 saturated heterocycles. The number of thiazole rings is 1. The third-order valence-electron chi connectivity index (χ3n) is 5.60. The predicted molar refractivity (Wildman–Crippen MR) is 149 cm³/mol. The Hall–Kier alpha value is -3.49. The zero-order valence-corrected chi connectivity index (χ0v) is 21.4. The number of nitrogens with zero attached hydrogens (tertiary/aromatic N) is 5. The van der Waals surface area contributed by atoms with Gasteiger partial charge in [0.05, 0.1) is 16.1 Å². The van der Waals surface area contributed by atoms with Gasteiger partial charge in [-0.05, 0) is 55.7 Å². The van der Waals surface area contributed by atoms with Gasteiger partial charge in [-0.25, -0.2) is 4.98 Å². The van der Waals surface area contributed by atoms with Gasteiger partial charge >= 0.3 is 0 Å². The Kier molecular flexibility index (Phi) is 7.20. The molecule has 0 atom stereocenters. The quantitative estimate of drug-likeness (QED) is 0.205. The molecule has 0 radical (unpaired) electrons. The maximum Gasteiger partial charge on any atom is 0.231 e. The molecule has 0 aliphatic carbocycles. The highest BCUT2D eigenvalue weighted by Gasteiger charge is 2.09. The molecule has 0 bridgehead atoms. The minimum absolute atomic E-state index is 0.636. The van der Waals surface area contributed by atoms with Crippen molar-refractivity contribution < 1.29 is 0 Å². The molecule has 2 heterocycles. The zero-order chi connectivity index (χ0) is 24.0. The number of fused-ring (bicyclic) bond motifs is 2. The van der Waals surface area contributed by atoms with Gasteiger partial charge in [0.2, 0.25) is 5.13 Å². The van der Waals surface area contributed by atoms with Gasteiger partial charge in [-0.3, -0.25) is 0 Å². The zero-order valence-electron chi connectivity index (χ0n) is 19.7. The number of nitrogens with one attached hydrogen (secondary N) is 1. The van der Waals surface area contributed by atoms with Crippen LogP contribution in [0.15, 0.2) is 87.2 Å². The molecule has 6 nitrogen and oxygen atoms in total. The van der Waals surface area contributed by atoms with Crippen LogP contribution in [0.4, 0.5) is 27.2 Å². The Morgan fingerprint density at radius 2 is 1.66 bits per heavy atom. The van der Waals surface area contributed by atoms with E-state index in [9.17, 15) is 0 Å². The Morgan fingerprint density at radius 3 is 2.43 bits per heavy atom. The third kappa shape index (κ3) is 5.44. The number of anilines is 1. The molecule has 5 aromatic rings. The monoisotopic (exact) mass is 498 g/mol. The minimum Gasteiger partial charge on any atom is -0.385 e. The average molecular weight is 499 g/mol. The van der Waals surface area contributed by atoms with E-state index >= 15 is 0 Å². The summed E-state index contributed by atoms with van der Waals surface area (Å²) in [5, 5.41) is 24.8. The molecule has 0 aliphatic rings. The predicted octanol–water partition coefficient (Wildman–Crippen LogP) is 10.1. The molecule has 0 saturated carbocycles. The lowest BCUT2D eigenvalue weighted by atomic mass is 10.1. The van der Waals surface area contributed by atoms with Crippen molar-refractivity contribution in [3.63, 3.8) is 0 Å². The van der Waals surface area contributed by atoms with Gasteiger partial charge in [-0.15, -0.1) is 20.5 Å². The summed E-state index contributed by atoms with van der Waals surface area (Å²) < 4.78 is 1.04. The molecule has 0 unspecified atom stereocenters. The first-order chi connectivity index (χ1) is 17.2. The molecule has 35 heavy (non-hydrogen) atoms. The number of hydrogen-bond donors (Lipinski definition) is 1. The molecule has 0 fully saturated rings. The van der Waals surface area contributed by atoms with Gasteiger partial charge in [0.1, 0.15) is 9.83 Å². The maximum absolute atomic E-state index is 4.63. The minimum atomic E-state index is 0.636. The average Bonchev–Trinajstić information content (AvgIpc) is 3.45. The highest BCUT2D eigenvalue weighted by molar-refractivity contribution is 7.30. The Bertz CT molecular complexity index is 1470. The van der Waals surface area contributed by atoms with Gasteiger partial charge in [0.25, 0.3) is 0 Å². The molecule has 0 aliphatic heterocycles. The van der Waals surface area contributed by atoms with Crippen LogP contribution in [0, 0.1) is 0 Å². The number of unbranched alkanes of at least 4 members (excludes halogenated alkanes) is 1. The number of hydrogen-bond acceptors (Lipinski definition) is 8. The second-order valence-electron chi connectivity index (χ2n) is 8.13. The van der Waals surface area contributed by atoms with Crippen molar-refractivity contribution in [2.24, 2.45) is 20.5 Å². The fourth-order valence-corrected chi connectivity index (χ4v) is 5.68. The van der Waals surface area contributed by atoms with Gasteiger partial charge in [-0.1, -0.05) is 72.4 Å². The van der Waals surface area contributed by atoms with Crippen LogP contribution >= 0.6 is 22.7 Å². The fourth-order valence-electron chi connectivity index (χ4n) is 3.83. The maximum atomic E-state index is 4.63. The highest BCUT2D eigenvalue weighted by Crippen LogP contribution is 2.40. The number of aromatic nitrogens is 1. The van der Waals surface area contributed by atoms with E-state index in [0.717, 1.165) is 55.3 Å². The Labute approximate surface area is 212 Å². The summed E-state index contributed by atoms with van der Waals surface area (Å²) in [6.45, 7) is 5.17. The first-order valence-corrected chi connectivity index (χ1v) is 13.4. The standard InChI is InChI=1S/C27H26N6S2/c1-3-5-8-18-11-13-19(14-12-18)30-32-25-17-24-26(35-25)29-27(34-24)33-31-23-16-15-22(28-4-2)20-9-6-7-10-21(20)23/h6-7,9-17,28H,3-5,8H2,1-2H3. The summed E-state index contributed by atoms with van der Waals surface area (Å²) in [7, 11) is 0. The van der Waals surface area contributed by atoms with Crippen LogP contribution in [0.3, 0.4) is 0 Å². The van der Waals surface area contributed by atoms with Gasteiger partial charge in [0.15, 0.2) is 0 Å². The molecule has 8 heteroatoms. The topological polar surface area (TPSA) is 74.4 Å². The number of benzene rings is 3. The Balaban J connectivity index is 1.31. The van der Waals surface area contributed by atoms with Crippen LogP contribution in [0.1, 0.15) is 32.3 Å². The normalized spacial score (nSPS) is 11.9. The van der Waals surface area contributed by atoms with Crippen LogP contribution in [0.2, 0.25) is 0 Å². The summed E-state index contributed by atoms with van der Waals surface area (Å²) in [4.78, 5) is 5.54. The molecule has 176 valence electrons. The Morgan fingerprint density at radius 1 is 0.829 bits per heavy atom. The van der Waals surface area contributed by atoms with Crippen molar-refractivity contribution >= 4 is 70.2 Å². The summed E-state index contributed by atoms with van der Waals surface area (Å²) in [5.41, 5.74) is 4.13. The van der Waals surface area contributed by atoms with Gasteiger partial charge in [-0.2, -0.15) is 0 Å². The van der Waals surface area contributed by atoms with E-state index in [0.29, 0.717) is 5.13 Å². The molecule has 3 aromatic carbocycles. The van der Waals surface area contributed by atoms with Gasteiger partial charge < -0.3 is 5.32 Å². The van der Waals surface area contributed by atoms with E-state index in [1.807, 2.05) is 36.4 Å². The fraction of sp³-hybridized carbons (Fsp3) is 0.222. The first-order valence-electron chi connectivity index (χ1n) is 11.8. The molecule has 1 N–H and O–H groups in total. The van der Waals surface area contributed by atoms with Crippen molar-refractivity contribution in [1.29, 1.82) is 0 Å². The van der Waals surface area contributed by atoms with Crippen molar-refractivity contribution in [2.45, 2.75) is 33.1 Å². The SMILES string of the molecule is CCCCc1ccc(N=Nc2cc3sc(N=Nc4ccc(NCC)c5ccccc45)nc3s2)cc1. The van der Waals surface area contributed by atoms with E-state index in [1.54, 1.807) is 0 Å². The van der Waals surface area contributed by atoms with E-state index in [1.165, 1.54) is 41.1 Å². The van der Waals surface area contributed by atoms with E-state index in [4.69, 9.17) is 0 Å². The lowest BCUT2D eigenvalue weighted by molar-refractivity contribution is 0.795. The molecule has 2 aromatic heterocycles. The van der Waals surface area contributed by atoms with Crippen molar-refractivity contribution in [1.82, 2.24) is 4.98 Å². The largest absolute Gasteiger partial charge is 0.385 e. The number of azo groups is 2. The van der Waals surface area contributed by atoms with E-state index in [-0.39, 0.29) is 0 Å². The molecule has 5 rings (SSSR count). The molecular formula is C27H26N6S2. The van der Waals surface area contributed by atoms with E-state index in [2.05, 4.69) is 74.9 Å². The lowest BCUT2D eigenvalue weighted by Crippen LogP contribution is -1.96. The summed E-state index contributed by atoms with van der Waals surface area (Å²) in [6, 6.07) is 22.6. The van der Waals surface area contributed by atoms with Crippen LogP contribution in [-0.4, -0.2) is 11.5 Å². The van der Waals surface area contributed by atoms with Gasteiger partial charge in [0, 0.05) is 23.0 Å². The third-order valence-corrected chi connectivity index (χ3v) is 7.52. The van der Waals surface area contributed by atoms with Crippen molar-refractivity contribution in [2.75, 3.05) is 11.9 Å². The second kappa shape index (κ2) is 10.8. The summed E-state index contributed by atoms with van der Waals surface area (Å²) in [5.74, 6) is 0. The van der Waals surface area contributed by atoms with Crippen LogP contribution in [-0.2, 0) is 6.42 Å². The molecular weight excluding hydrogens is 472 g/mol. The summed E-state index contributed by atoms with van der Waals surface area (Å²) in [6.07, 6.45) is 3.52. The first kappa shape index (κ1) is 23.3. The lowest BCUT2D eigenvalue weighted by Gasteiger charge is -2.09.